The largest absolute Gasteiger partial charge is 0.495 e. The summed E-state index contributed by atoms with van der Waals surface area (Å²) in [5.74, 6) is 11.5. The van der Waals surface area contributed by atoms with Gasteiger partial charge in [-0.1, -0.05) is 41.4 Å². The van der Waals surface area contributed by atoms with Crippen LogP contribution in [0, 0.1) is 56.1 Å². The smallest absolute Gasteiger partial charge is 0.136 e. The van der Waals surface area contributed by atoms with Gasteiger partial charge in [0.25, 0.3) is 0 Å². The lowest BCUT2D eigenvalue weighted by atomic mass is 10.0. The highest BCUT2D eigenvalue weighted by atomic mass is 19.1. The Bertz CT molecular complexity index is 1160. The first-order valence-corrected chi connectivity index (χ1v) is 9.12. The van der Waals surface area contributed by atoms with Crippen LogP contribution in [-0.4, -0.2) is 7.11 Å². The number of rotatable bonds is 1. The average Bonchev–Trinajstić information content (AvgIpc) is 2.70. The molecule has 0 fully saturated rings. The Morgan fingerprint density at radius 2 is 1.24 bits per heavy atom. The van der Waals surface area contributed by atoms with Crippen LogP contribution in [0.4, 0.5) is 8.78 Å². The molecule has 0 heterocycles. The molecule has 0 aliphatic rings. The van der Waals surface area contributed by atoms with Crippen LogP contribution in [0.1, 0.15) is 38.9 Å². The molecule has 0 aliphatic heterocycles. The number of benzene rings is 3. The second kappa shape index (κ2) is 8.63. The second-order valence-corrected chi connectivity index (χ2v) is 6.80. The molecule has 0 atom stereocenters. The lowest BCUT2D eigenvalue weighted by Gasteiger charge is -2.07. The van der Waals surface area contributed by atoms with Crippen molar-refractivity contribution in [2.45, 2.75) is 20.8 Å². The molecule has 0 saturated heterocycles. The van der Waals surface area contributed by atoms with Gasteiger partial charge in [0, 0.05) is 22.3 Å². The van der Waals surface area contributed by atoms with Gasteiger partial charge in [0.15, 0.2) is 0 Å². The molecule has 3 aromatic carbocycles. The van der Waals surface area contributed by atoms with Gasteiger partial charge in [-0.3, -0.25) is 0 Å². The summed E-state index contributed by atoms with van der Waals surface area (Å²) in [6.07, 6.45) is 0. The summed E-state index contributed by atoms with van der Waals surface area (Å²) in [7, 11) is 1.58. The van der Waals surface area contributed by atoms with Crippen LogP contribution in [0.25, 0.3) is 0 Å². The molecule has 0 unspecified atom stereocenters. The quantitative estimate of drug-likeness (QED) is 0.488. The minimum absolute atomic E-state index is 0.00966. The number of halogens is 2. The molecule has 0 radical (unpaired) electrons. The highest BCUT2D eigenvalue weighted by molar-refractivity contribution is 5.58. The predicted octanol–water partition coefficient (Wildman–Crippen LogP) is 5.70. The zero-order chi connectivity index (χ0) is 21.0. The lowest BCUT2D eigenvalue weighted by Crippen LogP contribution is -1.94. The zero-order valence-electron chi connectivity index (χ0n) is 16.8. The first-order chi connectivity index (χ1) is 13.9. The molecule has 1 nitrogen and oxygen atoms in total. The number of hydrogen-bond acceptors (Lipinski definition) is 1. The summed E-state index contributed by atoms with van der Waals surface area (Å²) in [6, 6.07) is 14.1. The van der Waals surface area contributed by atoms with E-state index in [1.54, 1.807) is 13.2 Å². The van der Waals surface area contributed by atoms with Crippen LogP contribution in [-0.2, 0) is 0 Å². The van der Waals surface area contributed by atoms with E-state index in [0.29, 0.717) is 11.3 Å². The third-order valence-electron chi connectivity index (χ3n) is 4.53. The van der Waals surface area contributed by atoms with Gasteiger partial charge >= 0.3 is 0 Å². The molecule has 144 valence electrons. The van der Waals surface area contributed by atoms with Crippen molar-refractivity contribution in [2.24, 2.45) is 0 Å². The van der Waals surface area contributed by atoms with Crippen molar-refractivity contribution in [1.82, 2.24) is 0 Å². The third kappa shape index (κ3) is 4.84. The third-order valence-corrected chi connectivity index (χ3v) is 4.53. The highest BCUT2D eigenvalue weighted by Crippen LogP contribution is 2.23. The Labute approximate surface area is 170 Å². The molecule has 0 spiro atoms. The van der Waals surface area contributed by atoms with Crippen LogP contribution in [0.2, 0.25) is 0 Å². The van der Waals surface area contributed by atoms with E-state index >= 15 is 0 Å². The average molecular weight is 386 g/mol. The monoisotopic (exact) mass is 386 g/mol. The number of ether oxygens (including phenoxy) is 1. The maximum atomic E-state index is 13.7. The van der Waals surface area contributed by atoms with E-state index in [2.05, 4.69) is 23.7 Å². The Morgan fingerprint density at radius 3 is 1.83 bits per heavy atom. The first-order valence-electron chi connectivity index (χ1n) is 9.12. The predicted molar refractivity (Wildman–Crippen MR) is 112 cm³/mol. The van der Waals surface area contributed by atoms with Crippen LogP contribution >= 0.6 is 0 Å². The molecule has 0 N–H and O–H groups in total. The molecule has 3 aromatic rings. The standard InChI is InChI=1S/C26H20F2O/c1-17-5-7-20(8-6-17)11-12-23-18(2)13-21(16-26(23)29-4)9-10-22-14-24(27)19(3)25(28)15-22/h5-8,13-16H,1-4H3. The SMILES string of the molecule is COc1cc(C#Cc2cc(F)c(C)c(F)c2)cc(C)c1C#Cc1ccc(C)cc1. The van der Waals surface area contributed by atoms with Gasteiger partial charge in [0.2, 0.25) is 0 Å². The summed E-state index contributed by atoms with van der Waals surface area (Å²) < 4.78 is 32.9. The van der Waals surface area contributed by atoms with Crippen LogP contribution in [0.5, 0.6) is 5.75 Å². The first kappa shape index (κ1) is 20.2. The molecule has 0 aromatic heterocycles. The zero-order valence-corrected chi connectivity index (χ0v) is 16.8. The number of hydrogen-bond donors (Lipinski definition) is 0. The summed E-state index contributed by atoms with van der Waals surface area (Å²) in [5, 5.41) is 0. The fourth-order valence-corrected chi connectivity index (χ4v) is 2.78. The van der Waals surface area contributed by atoms with Gasteiger partial charge in [-0.25, -0.2) is 8.78 Å². The van der Waals surface area contributed by atoms with E-state index in [9.17, 15) is 8.78 Å². The van der Waals surface area contributed by atoms with E-state index in [0.717, 1.165) is 16.7 Å². The number of aryl methyl sites for hydroxylation is 2. The minimum atomic E-state index is -0.607. The fraction of sp³-hybridized carbons (Fsp3) is 0.154. The van der Waals surface area contributed by atoms with Crippen molar-refractivity contribution in [3.8, 4) is 29.4 Å². The van der Waals surface area contributed by atoms with Crippen LogP contribution in [0.3, 0.4) is 0 Å². The topological polar surface area (TPSA) is 9.23 Å². The van der Waals surface area contributed by atoms with Crippen LogP contribution < -0.4 is 4.74 Å². The van der Waals surface area contributed by atoms with E-state index in [4.69, 9.17) is 4.74 Å². The summed E-state index contributed by atoms with van der Waals surface area (Å²) in [4.78, 5) is 0. The van der Waals surface area contributed by atoms with Crippen molar-refractivity contribution in [2.75, 3.05) is 7.11 Å². The van der Waals surface area contributed by atoms with Gasteiger partial charge in [-0.15, -0.1) is 0 Å². The summed E-state index contributed by atoms with van der Waals surface area (Å²) >= 11 is 0. The normalized spacial score (nSPS) is 9.86. The van der Waals surface area contributed by atoms with Crippen molar-refractivity contribution in [3.63, 3.8) is 0 Å². The van der Waals surface area contributed by atoms with Gasteiger partial charge in [0.1, 0.15) is 17.4 Å². The molecular formula is C26H20F2O. The maximum Gasteiger partial charge on any atom is 0.136 e. The van der Waals surface area contributed by atoms with E-state index in [1.807, 2.05) is 44.2 Å². The van der Waals surface area contributed by atoms with E-state index in [1.165, 1.54) is 24.6 Å². The Balaban J connectivity index is 1.95. The van der Waals surface area contributed by atoms with Crippen molar-refractivity contribution >= 4 is 0 Å². The van der Waals surface area contributed by atoms with Crippen molar-refractivity contribution in [3.05, 3.63) is 99.1 Å². The second-order valence-electron chi connectivity index (χ2n) is 6.80. The molecule has 29 heavy (non-hydrogen) atoms. The molecule has 0 aliphatic carbocycles. The summed E-state index contributed by atoms with van der Waals surface area (Å²) in [5.41, 5.74) is 4.75. The highest BCUT2D eigenvalue weighted by Gasteiger charge is 2.07. The van der Waals surface area contributed by atoms with Crippen LogP contribution in [0.15, 0.2) is 48.5 Å². The Hall–Kier alpha value is -3.56. The summed E-state index contributed by atoms with van der Waals surface area (Å²) in [6.45, 7) is 5.36. The molecule has 3 rings (SSSR count). The molecule has 3 heteroatoms. The van der Waals surface area contributed by atoms with Gasteiger partial charge in [-0.2, -0.15) is 0 Å². The lowest BCUT2D eigenvalue weighted by molar-refractivity contribution is 0.413. The number of methoxy groups -OCH3 is 1. The van der Waals surface area contributed by atoms with E-state index in [-0.39, 0.29) is 11.1 Å². The van der Waals surface area contributed by atoms with Gasteiger partial charge in [-0.05, 0) is 62.7 Å². The maximum absolute atomic E-state index is 13.7. The molecular weight excluding hydrogens is 366 g/mol. The van der Waals surface area contributed by atoms with Crippen molar-refractivity contribution < 1.29 is 13.5 Å². The van der Waals surface area contributed by atoms with Gasteiger partial charge in [0.05, 0.1) is 12.7 Å². The molecule has 0 saturated carbocycles. The Kier molecular flexibility index (Phi) is 6.01. The Morgan fingerprint density at radius 1 is 0.690 bits per heavy atom. The minimum Gasteiger partial charge on any atom is -0.495 e. The molecule has 0 bridgehead atoms. The molecule has 0 amide bonds. The van der Waals surface area contributed by atoms with Gasteiger partial charge < -0.3 is 4.74 Å². The van der Waals surface area contributed by atoms with Crippen molar-refractivity contribution in [1.29, 1.82) is 0 Å². The van der Waals surface area contributed by atoms with E-state index < -0.39 is 11.6 Å². The fourth-order valence-electron chi connectivity index (χ4n) is 2.78.